The molecule has 3 rings (SSSR count). The van der Waals surface area contributed by atoms with Crippen molar-refractivity contribution in [1.29, 1.82) is 0 Å². The summed E-state index contributed by atoms with van der Waals surface area (Å²) in [7, 11) is 0. The van der Waals surface area contributed by atoms with Crippen LogP contribution in [0, 0.1) is 6.92 Å². The minimum Gasteiger partial charge on any atom is -0.347 e. The van der Waals surface area contributed by atoms with Crippen molar-refractivity contribution in [3.63, 3.8) is 0 Å². The van der Waals surface area contributed by atoms with Crippen LogP contribution in [0.15, 0.2) is 29.6 Å². The van der Waals surface area contributed by atoms with E-state index in [1.165, 1.54) is 16.9 Å². The minimum atomic E-state index is -0.0696. The number of benzene rings is 1. The number of piperidine rings is 1. The first-order chi connectivity index (χ1) is 10.2. The molecule has 1 unspecified atom stereocenters. The number of carbonyl (C=O) groups is 1. The van der Waals surface area contributed by atoms with Crippen LogP contribution in [0.3, 0.4) is 0 Å². The highest BCUT2D eigenvalue weighted by molar-refractivity contribution is 7.13. The average molecular weight is 338 g/mol. The molecule has 1 amide bonds. The zero-order valence-corrected chi connectivity index (χ0v) is 14.1. The summed E-state index contributed by atoms with van der Waals surface area (Å²) >= 11 is 1.52. The normalized spacial score (nSPS) is 17.6. The summed E-state index contributed by atoms with van der Waals surface area (Å²) in [6, 6.07) is 8.33. The van der Waals surface area contributed by atoms with Gasteiger partial charge in [-0.05, 0) is 31.9 Å². The van der Waals surface area contributed by atoms with Crippen molar-refractivity contribution in [3.8, 4) is 10.6 Å². The van der Waals surface area contributed by atoms with Crippen LogP contribution in [0.4, 0.5) is 0 Å². The average Bonchev–Trinajstić information content (AvgIpc) is 2.98. The fourth-order valence-electron chi connectivity index (χ4n) is 2.55. The third-order valence-electron chi connectivity index (χ3n) is 3.74. The van der Waals surface area contributed by atoms with E-state index in [1.54, 1.807) is 0 Å². The Morgan fingerprint density at radius 3 is 2.95 bits per heavy atom. The van der Waals surface area contributed by atoms with E-state index in [1.807, 2.05) is 23.6 Å². The van der Waals surface area contributed by atoms with E-state index < -0.39 is 0 Å². The largest absolute Gasteiger partial charge is 0.347 e. The van der Waals surface area contributed by atoms with Gasteiger partial charge in [-0.3, -0.25) is 4.79 Å². The molecule has 0 saturated carbocycles. The van der Waals surface area contributed by atoms with Crippen LogP contribution in [0.2, 0.25) is 0 Å². The lowest BCUT2D eigenvalue weighted by atomic mass is 10.1. The Hall–Kier alpha value is -1.43. The van der Waals surface area contributed by atoms with Crippen LogP contribution >= 0.6 is 23.7 Å². The smallest absolute Gasteiger partial charge is 0.271 e. The van der Waals surface area contributed by atoms with Gasteiger partial charge in [-0.15, -0.1) is 23.7 Å². The lowest BCUT2D eigenvalue weighted by Crippen LogP contribution is -2.45. The molecule has 1 saturated heterocycles. The summed E-state index contributed by atoms with van der Waals surface area (Å²) in [5.74, 6) is -0.0696. The molecular weight excluding hydrogens is 318 g/mol. The molecule has 2 N–H and O–H groups in total. The Balaban J connectivity index is 0.00000176. The summed E-state index contributed by atoms with van der Waals surface area (Å²) in [5, 5.41) is 9.10. The molecule has 0 bridgehead atoms. The SMILES string of the molecule is Cc1ccccc1-c1nc(C(=O)NC2CCCNC2)cs1.Cl. The molecule has 1 aromatic carbocycles. The van der Waals surface area contributed by atoms with Crippen LogP contribution in [0.25, 0.3) is 10.6 Å². The number of halogens is 1. The van der Waals surface area contributed by atoms with Gasteiger partial charge in [0.15, 0.2) is 0 Å². The summed E-state index contributed by atoms with van der Waals surface area (Å²) in [6.45, 7) is 3.95. The lowest BCUT2D eigenvalue weighted by molar-refractivity contribution is 0.0926. The first-order valence-electron chi connectivity index (χ1n) is 7.27. The molecule has 1 aliphatic heterocycles. The second-order valence-electron chi connectivity index (χ2n) is 5.37. The van der Waals surface area contributed by atoms with Gasteiger partial charge in [0.2, 0.25) is 0 Å². The Labute approximate surface area is 140 Å². The second-order valence-corrected chi connectivity index (χ2v) is 6.23. The van der Waals surface area contributed by atoms with Crippen molar-refractivity contribution < 1.29 is 4.79 Å². The van der Waals surface area contributed by atoms with Gasteiger partial charge in [-0.2, -0.15) is 0 Å². The Bertz CT molecular complexity index is 638. The predicted molar refractivity (Wildman–Crippen MR) is 92.9 cm³/mol. The molecule has 0 spiro atoms. The highest BCUT2D eigenvalue weighted by Gasteiger charge is 2.18. The second kappa shape index (κ2) is 7.72. The van der Waals surface area contributed by atoms with E-state index >= 15 is 0 Å². The van der Waals surface area contributed by atoms with Gasteiger partial charge < -0.3 is 10.6 Å². The summed E-state index contributed by atoms with van der Waals surface area (Å²) in [5.41, 5.74) is 2.79. The Morgan fingerprint density at radius 2 is 2.23 bits per heavy atom. The Kier molecular flexibility index (Phi) is 5.94. The van der Waals surface area contributed by atoms with Crippen LogP contribution in [-0.4, -0.2) is 30.0 Å². The van der Waals surface area contributed by atoms with Gasteiger partial charge >= 0.3 is 0 Å². The number of nitrogens with one attached hydrogen (secondary N) is 2. The highest BCUT2D eigenvalue weighted by Crippen LogP contribution is 2.26. The molecule has 118 valence electrons. The van der Waals surface area contributed by atoms with Crippen LogP contribution in [-0.2, 0) is 0 Å². The van der Waals surface area contributed by atoms with Gasteiger partial charge in [0.05, 0.1) is 0 Å². The Morgan fingerprint density at radius 1 is 1.41 bits per heavy atom. The molecule has 1 atom stereocenters. The van der Waals surface area contributed by atoms with Crippen molar-refractivity contribution in [2.75, 3.05) is 13.1 Å². The number of thiazole rings is 1. The number of nitrogens with zero attached hydrogens (tertiary/aromatic N) is 1. The maximum Gasteiger partial charge on any atom is 0.271 e. The van der Waals surface area contributed by atoms with E-state index in [4.69, 9.17) is 0 Å². The summed E-state index contributed by atoms with van der Waals surface area (Å²) in [4.78, 5) is 16.7. The van der Waals surface area contributed by atoms with E-state index in [2.05, 4.69) is 28.6 Å². The minimum absolute atomic E-state index is 0. The molecule has 0 aliphatic carbocycles. The third-order valence-corrected chi connectivity index (χ3v) is 4.62. The maximum absolute atomic E-state index is 12.2. The zero-order valence-electron chi connectivity index (χ0n) is 12.5. The quantitative estimate of drug-likeness (QED) is 0.905. The summed E-state index contributed by atoms with van der Waals surface area (Å²) < 4.78 is 0. The van der Waals surface area contributed by atoms with Gasteiger partial charge in [0, 0.05) is 23.5 Å². The monoisotopic (exact) mass is 337 g/mol. The van der Waals surface area contributed by atoms with Crippen molar-refractivity contribution in [2.45, 2.75) is 25.8 Å². The van der Waals surface area contributed by atoms with Crippen molar-refractivity contribution in [3.05, 3.63) is 40.9 Å². The van der Waals surface area contributed by atoms with E-state index in [0.717, 1.165) is 36.5 Å². The number of aryl methyl sites for hydroxylation is 1. The molecule has 0 radical (unpaired) electrons. The first-order valence-corrected chi connectivity index (χ1v) is 8.15. The molecule has 6 heteroatoms. The number of carbonyl (C=O) groups excluding carboxylic acids is 1. The molecule has 1 fully saturated rings. The topological polar surface area (TPSA) is 54.0 Å². The van der Waals surface area contributed by atoms with Gasteiger partial charge in [0.25, 0.3) is 5.91 Å². The van der Waals surface area contributed by atoms with Crippen molar-refractivity contribution in [1.82, 2.24) is 15.6 Å². The number of hydrogen-bond acceptors (Lipinski definition) is 4. The molecule has 1 aliphatic rings. The molecule has 1 aromatic heterocycles. The zero-order chi connectivity index (χ0) is 14.7. The van der Waals surface area contributed by atoms with Gasteiger partial charge in [-0.25, -0.2) is 4.98 Å². The van der Waals surface area contributed by atoms with Crippen LogP contribution in [0.5, 0.6) is 0 Å². The van der Waals surface area contributed by atoms with E-state index in [0.29, 0.717) is 5.69 Å². The standard InChI is InChI=1S/C16H19N3OS.ClH/c1-11-5-2-3-7-13(11)16-19-14(10-21-16)15(20)18-12-6-4-8-17-9-12;/h2-3,5,7,10,12,17H,4,6,8-9H2,1H3,(H,18,20);1H. The molecular formula is C16H20ClN3OS. The third kappa shape index (κ3) is 3.85. The van der Waals surface area contributed by atoms with Crippen LogP contribution in [0.1, 0.15) is 28.9 Å². The fraction of sp³-hybridized carbons (Fsp3) is 0.375. The fourth-order valence-corrected chi connectivity index (χ4v) is 3.44. The maximum atomic E-state index is 12.2. The van der Waals surface area contributed by atoms with E-state index in [9.17, 15) is 4.79 Å². The van der Waals surface area contributed by atoms with Crippen LogP contribution < -0.4 is 10.6 Å². The predicted octanol–water partition coefficient (Wildman–Crippen LogP) is 3.02. The highest BCUT2D eigenvalue weighted by atomic mass is 35.5. The van der Waals surface area contributed by atoms with Crippen molar-refractivity contribution in [2.24, 2.45) is 0 Å². The lowest BCUT2D eigenvalue weighted by Gasteiger charge is -2.23. The molecule has 22 heavy (non-hydrogen) atoms. The number of hydrogen-bond donors (Lipinski definition) is 2. The van der Waals surface area contributed by atoms with Gasteiger partial charge in [-0.1, -0.05) is 24.3 Å². The van der Waals surface area contributed by atoms with Crippen molar-refractivity contribution >= 4 is 29.7 Å². The molecule has 4 nitrogen and oxygen atoms in total. The molecule has 2 aromatic rings. The summed E-state index contributed by atoms with van der Waals surface area (Å²) in [6.07, 6.45) is 2.14. The number of aromatic nitrogens is 1. The van der Waals surface area contributed by atoms with E-state index in [-0.39, 0.29) is 24.4 Å². The van der Waals surface area contributed by atoms with Gasteiger partial charge in [0.1, 0.15) is 10.7 Å². The number of amides is 1. The molecule has 2 heterocycles. The number of rotatable bonds is 3. The first kappa shape index (κ1) is 16.9.